The third-order valence-electron chi connectivity index (χ3n) is 12.3. The first-order chi connectivity index (χ1) is 33.5. The minimum Gasteiger partial charge on any atom is -0.508 e. The highest BCUT2D eigenvalue weighted by atomic mass is 16.3. The Kier molecular flexibility index (Phi) is 20.8. The third-order valence-corrected chi connectivity index (χ3v) is 12.3. The van der Waals surface area contributed by atoms with Gasteiger partial charge in [-0.3, -0.25) is 47.9 Å². The molecule has 12 atom stereocenters. The number of hydrogen-bond acceptors (Lipinski definition) is 14. The van der Waals surface area contributed by atoms with E-state index in [4.69, 9.17) is 5.73 Å². The highest BCUT2D eigenvalue weighted by molar-refractivity contribution is 6.00. The number of phenols is 1. The predicted octanol–water partition coefficient (Wildman–Crippen LogP) is -4.24. The topological polar surface area (TPSA) is 377 Å². The van der Waals surface area contributed by atoms with Gasteiger partial charge < -0.3 is 73.6 Å². The fraction of sp³-hybridized carbons (Fsp3) is 0.532. The van der Waals surface area contributed by atoms with E-state index in [-0.39, 0.29) is 38.0 Å². The molecule has 0 spiro atoms. The van der Waals surface area contributed by atoms with Crippen LogP contribution in [0.25, 0.3) is 0 Å². The molecule has 12 unspecified atom stereocenters. The van der Waals surface area contributed by atoms with E-state index >= 15 is 0 Å². The Morgan fingerprint density at radius 3 is 1.63 bits per heavy atom. The second-order valence-corrected chi connectivity index (χ2v) is 17.9. The number of aliphatic hydroxyl groups excluding tert-OH is 3. The summed E-state index contributed by atoms with van der Waals surface area (Å²) in [5.74, 6) is -10.8. The Labute approximate surface area is 410 Å². The molecule has 0 saturated carbocycles. The molecular formula is C47H66N10O14. The normalized spacial score (nSPS) is 27.4. The van der Waals surface area contributed by atoms with Gasteiger partial charge in [-0.15, -0.1) is 0 Å². The average Bonchev–Trinajstić information content (AvgIpc) is 3.82. The molecule has 2 aliphatic rings. The fourth-order valence-corrected chi connectivity index (χ4v) is 7.96. The van der Waals surface area contributed by atoms with Crippen LogP contribution in [-0.2, 0) is 60.8 Å². The maximum Gasteiger partial charge on any atom is 0.246 e. The zero-order chi connectivity index (χ0) is 52.7. The maximum absolute atomic E-state index is 14.4. The quantitative estimate of drug-likeness (QED) is 0.102. The van der Waals surface area contributed by atoms with E-state index in [2.05, 4.69) is 42.5 Å². The lowest BCUT2D eigenvalue weighted by Gasteiger charge is -2.31. The van der Waals surface area contributed by atoms with Crippen molar-refractivity contribution in [3.63, 3.8) is 0 Å². The largest absolute Gasteiger partial charge is 0.508 e. The molecule has 4 rings (SSSR count). The van der Waals surface area contributed by atoms with Gasteiger partial charge >= 0.3 is 0 Å². The number of amides is 10. The van der Waals surface area contributed by atoms with Crippen molar-refractivity contribution < 1.29 is 68.4 Å². The Balaban J connectivity index is 1.80. The van der Waals surface area contributed by atoms with E-state index < -0.39 is 145 Å². The summed E-state index contributed by atoms with van der Waals surface area (Å²) in [6.45, 7) is 5.77. The summed E-state index contributed by atoms with van der Waals surface area (Å²) in [5, 5.41) is 61.1. The van der Waals surface area contributed by atoms with Gasteiger partial charge in [0, 0.05) is 19.4 Å². The smallest absolute Gasteiger partial charge is 0.246 e. The van der Waals surface area contributed by atoms with Gasteiger partial charge in [-0.1, -0.05) is 62.7 Å². The van der Waals surface area contributed by atoms with Crippen molar-refractivity contribution >= 4 is 59.1 Å². The summed E-state index contributed by atoms with van der Waals surface area (Å²) in [7, 11) is 0. The fourth-order valence-electron chi connectivity index (χ4n) is 7.96. The highest BCUT2D eigenvalue weighted by Crippen LogP contribution is 2.21. The van der Waals surface area contributed by atoms with Gasteiger partial charge in [-0.25, -0.2) is 0 Å². The number of carbonyl (C=O) groups excluding carboxylic acids is 10. The summed E-state index contributed by atoms with van der Waals surface area (Å²) in [6, 6.07) is -0.261. The molecule has 71 heavy (non-hydrogen) atoms. The first kappa shape index (κ1) is 56.4. The molecule has 0 aromatic heterocycles. The number of benzene rings is 2. The summed E-state index contributed by atoms with van der Waals surface area (Å²) in [6.07, 6.45) is -3.88. The molecule has 388 valence electrons. The van der Waals surface area contributed by atoms with E-state index in [9.17, 15) is 68.4 Å². The molecule has 2 aromatic carbocycles. The van der Waals surface area contributed by atoms with Gasteiger partial charge in [-0.2, -0.15) is 0 Å². The molecule has 24 heteroatoms. The monoisotopic (exact) mass is 994 g/mol. The molecular weight excluding hydrogens is 929 g/mol. The number of aliphatic hydroxyl groups is 3. The lowest BCUT2D eigenvalue weighted by molar-refractivity contribution is -0.143. The second-order valence-electron chi connectivity index (χ2n) is 17.9. The summed E-state index contributed by atoms with van der Waals surface area (Å²) < 4.78 is 0. The number of carbonyl (C=O) groups is 10. The van der Waals surface area contributed by atoms with Crippen LogP contribution in [0.4, 0.5) is 0 Å². The average molecular weight is 995 g/mol. The van der Waals surface area contributed by atoms with Crippen LogP contribution < -0.4 is 48.3 Å². The molecule has 10 amide bonds. The number of nitrogens with one attached hydrogen (secondary N) is 8. The standard InChI is InChI=1S/C47H66N10O14/c1-6-23(2)36-44(68)49-24(3)39(63)50-30(20-28-14-16-29(61)17-15-28)40(64)52-32(21-35(48)62)47(71)57-18-10-13-34(57)43(67)51-31(19-27-11-8-7-9-12-27)41(65)55-38(26(5)60)46(70)56-37(25(4)59)45(69)53-33(22-58)42(66)54-36/h7-9,11-12,14-17,23-26,30-34,36-38,58-61H,6,10,13,18-22H2,1-5H3,(H2,48,62)(H,49,68)(H,50,63)(H,51,67)(H,52,64)(H,53,69)(H,54,66)(H,55,65)(H,56,70). The van der Waals surface area contributed by atoms with Crippen LogP contribution in [0, 0.1) is 5.92 Å². The number of aromatic hydroxyl groups is 1. The molecule has 0 bridgehead atoms. The van der Waals surface area contributed by atoms with Crippen LogP contribution in [0.15, 0.2) is 54.6 Å². The first-order valence-electron chi connectivity index (χ1n) is 23.4. The van der Waals surface area contributed by atoms with E-state index in [0.717, 1.165) is 18.7 Å². The Hall–Kier alpha value is -7.18. The van der Waals surface area contributed by atoms with E-state index in [1.165, 1.54) is 31.2 Å². The molecule has 2 aromatic rings. The summed E-state index contributed by atoms with van der Waals surface area (Å²) in [4.78, 5) is 139. The van der Waals surface area contributed by atoms with E-state index in [1.807, 2.05) is 0 Å². The zero-order valence-corrected chi connectivity index (χ0v) is 40.2. The summed E-state index contributed by atoms with van der Waals surface area (Å²) in [5.41, 5.74) is 6.52. The number of nitrogens with two attached hydrogens (primary N) is 1. The van der Waals surface area contributed by atoms with Gasteiger partial charge in [0.15, 0.2) is 0 Å². The number of hydrogen-bond donors (Lipinski definition) is 13. The lowest BCUT2D eigenvalue weighted by Crippen LogP contribution is -2.64. The molecule has 2 heterocycles. The molecule has 0 radical (unpaired) electrons. The molecule has 2 fully saturated rings. The number of nitrogens with zero attached hydrogens (tertiary/aromatic N) is 1. The van der Waals surface area contributed by atoms with Gasteiger partial charge in [-0.05, 0) is 62.8 Å². The third kappa shape index (κ3) is 15.9. The highest BCUT2D eigenvalue weighted by Gasteiger charge is 2.42. The lowest BCUT2D eigenvalue weighted by atomic mass is 9.97. The minimum absolute atomic E-state index is 0.0398. The van der Waals surface area contributed by atoms with Crippen LogP contribution in [0.3, 0.4) is 0 Å². The Morgan fingerprint density at radius 2 is 1.08 bits per heavy atom. The van der Waals surface area contributed by atoms with Crippen molar-refractivity contribution in [2.45, 2.75) is 140 Å². The van der Waals surface area contributed by atoms with Gasteiger partial charge in [0.2, 0.25) is 59.1 Å². The molecule has 2 aliphatic heterocycles. The van der Waals surface area contributed by atoms with Crippen molar-refractivity contribution in [3.05, 3.63) is 65.7 Å². The van der Waals surface area contributed by atoms with E-state index in [1.54, 1.807) is 44.2 Å². The zero-order valence-electron chi connectivity index (χ0n) is 40.2. The van der Waals surface area contributed by atoms with Crippen molar-refractivity contribution in [3.8, 4) is 5.75 Å². The Bertz CT molecular complexity index is 2250. The SMILES string of the molecule is CCC(C)C1NC(=O)C(CO)NC(=O)C(C(C)O)NC(=O)C(C(C)O)NC(=O)C(Cc2ccccc2)NC(=O)C2CCCN2C(=O)C(CC(N)=O)NC(=O)C(Cc2ccc(O)cc2)NC(=O)C(C)NC1=O. The van der Waals surface area contributed by atoms with E-state index in [0.29, 0.717) is 17.5 Å². The van der Waals surface area contributed by atoms with Crippen molar-refractivity contribution in [2.24, 2.45) is 11.7 Å². The Morgan fingerprint density at radius 1 is 0.620 bits per heavy atom. The first-order valence-corrected chi connectivity index (χ1v) is 23.4. The number of primary amides is 1. The van der Waals surface area contributed by atoms with Crippen molar-refractivity contribution in [1.29, 1.82) is 0 Å². The predicted molar refractivity (Wildman–Crippen MR) is 252 cm³/mol. The van der Waals surface area contributed by atoms with Gasteiger partial charge in [0.05, 0.1) is 25.2 Å². The molecule has 14 N–H and O–H groups in total. The number of rotatable bonds is 11. The molecule has 0 aliphatic carbocycles. The van der Waals surface area contributed by atoms with Crippen LogP contribution in [0.5, 0.6) is 5.75 Å². The van der Waals surface area contributed by atoms with Crippen LogP contribution in [0.1, 0.15) is 71.4 Å². The van der Waals surface area contributed by atoms with Gasteiger partial charge in [0.25, 0.3) is 0 Å². The second kappa shape index (κ2) is 26.1. The molecule has 24 nitrogen and oxygen atoms in total. The van der Waals surface area contributed by atoms with Crippen LogP contribution in [0.2, 0.25) is 0 Å². The van der Waals surface area contributed by atoms with Crippen molar-refractivity contribution in [1.82, 2.24) is 47.4 Å². The number of phenolic OH excluding ortho intramolecular Hbond substituents is 1. The molecule has 2 saturated heterocycles. The maximum atomic E-state index is 14.4. The minimum atomic E-state index is -1.86. The van der Waals surface area contributed by atoms with Crippen molar-refractivity contribution in [2.75, 3.05) is 13.2 Å². The van der Waals surface area contributed by atoms with Gasteiger partial charge in [0.1, 0.15) is 60.1 Å². The van der Waals surface area contributed by atoms with Crippen LogP contribution >= 0.6 is 0 Å². The number of fused-ring (bicyclic) bond motifs is 1. The van der Waals surface area contributed by atoms with Crippen LogP contribution in [-0.4, -0.2) is 164 Å². The summed E-state index contributed by atoms with van der Waals surface area (Å²) >= 11 is 0.